The summed E-state index contributed by atoms with van der Waals surface area (Å²) < 4.78 is 5.10. The number of carbonyl (C=O) groups excluding carboxylic acids is 1. The molecule has 0 unspecified atom stereocenters. The standard InChI is InChI=1S/C14H20N2O2/c1-14(2)10-15-11-6-4-5-7-12(11)16(13(14)17)8-9-18-3/h4-7,15H,8-10H2,1-3H3. The van der Waals surface area contributed by atoms with Gasteiger partial charge < -0.3 is 15.0 Å². The minimum Gasteiger partial charge on any atom is -0.383 e. The van der Waals surface area contributed by atoms with E-state index in [2.05, 4.69) is 5.32 Å². The van der Waals surface area contributed by atoms with Crippen molar-refractivity contribution < 1.29 is 9.53 Å². The lowest BCUT2D eigenvalue weighted by Gasteiger charge is -2.28. The predicted octanol–water partition coefficient (Wildman–Crippen LogP) is 2.12. The molecule has 0 fully saturated rings. The largest absolute Gasteiger partial charge is 0.383 e. The van der Waals surface area contributed by atoms with E-state index in [-0.39, 0.29) is 5.91 Å². The first-order valence-electron chi connectivity index (χ1n) is 6.20. The van der Waals surface area contributed by atoms with Crippen LogP contribution in [0.5, 0.6) is 0 Å². The minimum absolute atomic E-state index is 0.136. The normalized spacial score (nSPS) is 17.9. The van der Waals surface area contributed by atoms with Crippen molar-refractivity contribution in [3.8, 4) is 0 Å². The van der Waals surface area contributed by atoms with Crippen molar-refractivity contribution in [2.75, 3.05) is 37.0 Å². The summed E-state index contributed by atoms with van der Waals surface area (Å²) in [6.07, 6.45) is 0. The van der Waals surface area contributed by atoms with Gasteiger partial charge in [-0.15, -0.1) is 0 Å². The van der Waals surface area contributed by atoms with Crippen LogP contribution in [0, 0.1) is 5.41 Å². The molecule has 1 aliphatic heterocycles. The zero-order chi connectivity index (χ0) is 13.2. The Labute approximate surface area is 108 Å². The average molecular weight is 248 g/mol. The van der Waals surface area contributed by atoms with E-state index < -0.39 is 5.41 Å². The second kappa shape index (κ2) is 4.98. The van der Waals surface area contributed by atoms with Crippen LogP contribution in [0.4, 0.5) is 11.4 Å². The molecule has 1 heterocycles. The number of hydrogen-bond acceptors (Lipinski definition) is 3. The van der Waals surface area contributed by atoms with E-state index >= 15 is 0 Å². The third kappa shape index (κ3) is 2.34. The summed E-state index contributed by atoms with van der Waals surface area (Å²) >= 11 is 0. The zero-order valence-corrected chi connectivity index (χ0v) is 11.2. The van der Waals surface area contributed by atoms with Crippen molar-refractivity contribution in [1.82, 2.24) is 0 Å². The number of rotatable bonds is 3. The van der Waals surface area contributed by atoms with Gasteiger partial charge in [-0.1, -0.05) is 12.1 Å². The third-order valence-corrected chi connectivity index (χ3v) is 3.26. The molecule has 0 atom stereocenters. The first-order valence-corrected chi connectivity index (χ1v) is 6.20. The summed E-state index contributed by atoms with van der Waals surface area (Å²) in [7, 11) is 1.65. The number of methoxy groups -OCH3 is 1. The Morgan fingerprint density at radius 3 is 2.83 bits per heavy atom. The quantitative estimate of drug-likeness (QED) is 0.891. The Hall–Kier alpha value is -1.55. The highest BCUT2D eigenvalue weighted by molar-refractivity contribution is 6.01. The highest BCUT2D eigenvalue weighted by atomic mass is 16.5. The lowest BCUT2D eigenvalue weighted by molar-refractivity contribution is -0.126. The van der Waals surface area contributed by atoms with E-state index in [1.54, 1.807) is 7.11 Å². The lowest BCUT2D eigenvalue weighted by atomic mass is 9.92. The number of nitrogens with zero attached hydrogens (tertiary/aromatic N) is 1. The summed E-state index contributed by atoms with van der Waals surface area (Å²) in [5.74, 6) is 0.136. The van der Waals surface area contributed by atoms with E-state index in [0.717, 1.165) is 11.4 Å². The Morgan fingerprint density at radius 1 is 1.39 bits per heavy atom. The van der Waals surface area contributed by atoms with Crippen molar-refractivity contribution in [3.05, 3.63) is 24.3 Å². The second-order valence-corrected chi connectivity index (χ2v) is 5.20. The number of nitrogens with one attached hydrogen (secondary N) is 1. The minimum atomic E-state index is -0.410. The number of hydrogen-bond donors (Lipinski definition) is 1. The highest BCUT2D eigenvalue weighted by Crippen LogP contribution is 2.33. The Kier molecular flexibility index (Phi) is 3.57. The van der Waals surface area contributed by atoms with Gasteiger partial charge in [-0.05, 0) is 26.0 Å². The van der Waals surface area contributed by atoms with Crippen LogP contribution in [0.3, 0.4) is 0 Å². The van der Waals surface area contributed by atoms with Gasteiger partial charge in [-0.2, -0.15) is 0 Å². The topological polar surface area (TPSA) is 41.6 Å². The van der Waals surface area contributed by atoms with Gasteiger partial charge in [0.25, 0.3) is 0 Å². The van der Waals surface area contributed by atoms with Crippen LogP contribution >= 0.6 is 0 Å². The zero-order valence-electron chi connectivity index (χ0n) is 11.2. The fraction of sp³-hybridized carbons (Fsp3) is 0.500. The van der Waals surface area contributed by atoms with E-state index in [9.17, 15) is 4.79 Å². The molecule has 0 bridgehead atoms. The number of amides is 1. The van der Waals surface area contributed by atoms with E-state index in [1.807, 2.05) is 43.0 Å². The van der Waals surface area contributed by atoms with Crippen LogP contribution in [-0.4, -0.2) is 32.7 Å². The number of carbonyl (C=O) groups is 1. The first kappa shape index (κ1) is 12.9. The molecule has 1 amide bonds. The molecule has 0 aliphatic carbocycles. The monoisotopic (exact) mass is 248 g/mol. The van der Waals surface area contributed by atoms with Gasteiger partial charge in [0.05, 0.1) is 23.4 Å². The molecular formula is C14H20N2O2. The van der Waals surface area contributed by atoms with Gasteiger partial charge in [-0.3, -0.25) is 4.79 Å². The lowest BCUT2D eigenvalue weighted by Crippen LogP contribution is -2.43. The summed E-state index contributed by atoms with van der Waals surface area (Å²) in [6, 6.07) is 7.90. The predicted molar refractivity (Wildman–Crippen MR) is 72.9 cm³/mol. The van der Waals surface area contributed by atoms with Crippen LogP contribution in [0.2, 0.25) is 0 Å². The van der Waals surface area contributed by atoms with E-state index in [4.69, 9.17) is 4.74 Å². The van der Waals surface area contributed by atoms with Gasteiger partial charge >= 0.3 is 0 Å². The molecule has 0 radical (unpaired) electrons. The van der Waals surface area contributed by atoms with Gasteiger partial charge in [0.1, 0.15) is 0 Å². The number of para-hydroxylation sites is 2. The molecule has 1 aliphatic rings. The number of ether oxygens (including phenoxy) is 1. The second-order valence-electron chi connectivity index (χ2n) is 5.20. The van der Waals surface area contributed by atoms with Gasteiger partial charge in [-0.25, -0.2) is 0 Å². The van der Waals surface area contributed by atoms with Crippen molar-refractivity contribution in [2.24, 2.45) is 5.41 Å². The van der Waals surface area contributed by atoms with Gasteiger partial charge in [0.2, 0.25) is 5.91 Å². The SMILES string of the molecule is COCCN1C(=O)C(C)(C)CNc2ccccc21. The maximum absolute atomic E-state index is 12.6. The van der Waals surface area contributed by atoms with Crippen molar-refractivity contribution >= 4 is 17.3 Å². The van der Waals surface area contributed by atoms with Crippen molar-refractivity contribution in [2.45, 2.75) is 13.8 Å². The Morgan fingerprint density at radius 2 is 2.11 bits per heavy atom. The molecule has 4 nitrogen and oxygen atoms in total. The molecule has 0 aromatic heterocycles. The summed E-state index contributed by atoms with van der Waals surface area (Å²) in [5.41, 5.74) is 1.53. The van der Waals surface area contributed by atoms with Crippen LogP contribution in [0.1, 0.15) is 13.8 Å². The molecule has 98 valence electrons. The van der Waals surface area contributed by atoms with Crippen LogP contribution in [0.25, 0.3) is 0 Å². The van der Waals surface area contributed by atoms with Crippen molar-refractivity contribution in [1.29, 1.82) is 0 Å². The molecule has 18 heavy (non-hydrogen) atoms. The van der Waals surface area contributed by atoms with Gasteiger partial charge in [0.15, 0.2) is 0 Å². The maximum atomic E-state index is 12.6. The number of anilines is 2. The van der Waals surface area contributed by atoms with E-state index in [1.165, 1.54) is 0 Å². The maximum Gasteiger partial charge on any atom is 0.234 e. The smallest absolute Gasteiger partial charge is 0.234 e. The van der Waals surface area contributed by atoms with Crippen molar-refractivity contribution in [3.63, 3.8) is 0 Å². The molecule has 2 rings (SSSR count). The molecule has 1 N–H and O–H groups in total. The average Bonchev–Trinajstić information content (AvgIpc) is 2.46. The van der Waals surface area contributed by atoms with Gasteiger partial charge in [0, 0.05) is 20.2 Å². The van der Waals surface area contributed by atoms with E-state index in [0.29, 0.717) is 19.7 Å². The molecule has 0 saturated carbocycles. The molecule has 0 spiro atoms. The summed E-state index contributed by atoms with van der Waals surface area (Å²) in [4.78, 5) is 14.4. The Bertz CT molecular complexity index is 443. The molecule has 4 heteroatoms. The van der Waals surface area contributed by atoms with Crippen LogP contribution < -0.4 is 10.2 Å². The molecule has 0 saturated heterocycles. The fourth-order valence-corrected chi connectivity index (χ4v) is 2.13. The van der Waals surface area contributed by atoms with Crippen LogP contribution in [0.15, 0.2) is 24.3 Å². The number of benzene rings is 1. The third-order valence-electron chi connectivity index (χ3n) is 3.26. The molecular weight excluding hydrogens is 228 g/mol. The first-order chi connectivity index (χ1) is 8.56. The molecule has 1 aromatic carbocycles. The Balaban J connectivity index is 2.39. The summed E-state index contributed by atoms with van der Waals surface area (Å²) in [5, 5.41) is 3.35. The summed E-state index contributed by atoms with van der Waals surface area (Å²) in [6.45, 7) is 5.70. The molecule has 1 aromatic rings. The highest BCUT2D eigenvalue weighted by Gasteiger charge is 2.35. The fourth-order valence-electron chi connectivity index (χ4n) is 2.13. The number of fused-ring (bicyclic) bond motifs is 1. The van der Waals surface area contributed by atoms with Crippen LogP contribution in [-0.2, 0) is 9.53 Å².